The Bertz CT molecular complexity index is 902. The highest BCUT2D eigenvalue weighted by molar-refractivity contribution is 7.91. The fourth-order valence-electron chi connectivity index (χ4n) is 3.58. The van der Waals surface area contributed by atoms with E-state index in [-0.39, 0.29) is 23.5 Å². The molecule has 2 aromatic heterocycles. The second-order valence-electron chi connectivity index (χ2n) is 7.32. The van der Waals surface area contributed by atoms with Gasteiger partial charge in [0.2, 0.25) is 0 Å². The number of likely N-dealkylation sites (N-methyl/N-ethyl adjacent to an activating group) is 1. The summed E-state index contributed by atoms with van der Waals surface area (Å²) in [6, 6.07) is 3.53. The molecule has 2 atom stereocenters. The molecule has 148 valence electrons. The van der Waals surface area contributed by atoms with E-state index in [2.05, 4.69) is 10.4 Å². The lowest BCUT2D eigenvalue weighted by atomic mass is 10.1. The number of aryl methyl sites for hydroxylation is 1. The Morgan fingerprint density at radius 2 is 2.22 bits per heavy atom. The summed E-state index contributed by atoms with van der Waals surface area (Å²) >= 11 is 0. The van der Waals surface area contributed by atoms with Crippen molar-refractivity contribution in [3.63, 3.8) is 0 Å². The Labute approximate surface area is 159 Å². The van der Waals surface area contributed by atoms with Crippen LogP contribution in [0.15, 0.2) is 22.8 Å². The molecule has 0 spiro atoms. The normalized spacial score (nSPS) is 19.9. The van der Waals surface area contributed by atoms with E-state index in [0.29, 0.717) is 26.1 Å². The van der Waals surface area contributed by atoms with E-state index in [1.165, 1.54) is 0 Å². The predicted molar refractivity (Wildman–Crippen MR) is 100 cm³/mol. The van der Waals surface area contributed by atoms with Crippen LogP contribution in [0.25, 0.3) is 0 Å². The monoisotopic (exact) mass is 395 g/mol. The number of carbonyl (C=O) groups is 1. The SMILES string of the molecule is Cc1nn([C@@H]2CCS(=O)(=O)C2)c(C)c1C[NH+](C)CC(=O)NCc1ccco1. The Kier molecular flexibility index (Phi) is 5.71. The minimum atomic E-state index is -2.95. The van der Waals surface area contributed by atoms with E-state index < -0.39 is 9.84 Å². The molecule has 27 heavy (non-hydrogen) atoms. The molecule has 3 rings (SSSR count). The number of rotatable bonds is 7. The molecule has 2 N–H and O–H groups in total. The smallest absolute Gasteiger partial charge is 0.275 e. The number of furan rings is 1. The second-order valence-corrected chi connectivity index (χ2v) is 9.55. The molecule has 1 amide bonds. The molecule has 0 radical (unpaired) electrons. The quantitative estimate of drug-likeness (QED) is 0.676. The van der Waals surface area contributed by atoms with Gasteiger partial charge in [-0.2, -0.15) is 5.10 Å². The third kappa shape index (κ3) is 4.78. The molecule has 0 saturated carbocycles. The summed E-state index contributed by atoms with van der Waals surface area (Å²) in [4.78, 5) is 13.2. The summed E-state index contributed by atoms with van der Waals surface area (Å²) < 4.78 is 30.6. The predicted octanol–water partition coefficient (Wildman–Crippen LogP) is -0.216. The van der Waals surface area contributed by atoms with Gasteiger partial charge in [0.05, 0.1) is 48.7 Å². The molecular formula is C18H27N4O4S+. The van der Waals surface area contributed by atoms with Gasteiger partial charge in [-0.25, -0.2) is 8.42 Å². The summed E-state index contributed by atoms with van der Waals surface area (Å²) in [7, 11) is -0.994. The van der Waals surface area contributed by atoms with E-state index >= 15 is 0 Å². The zero-order valence-corrected chi connectivity index (χ0v) is 16.8. The van der Waals surface area contributed by atoms with Gasteiger partial charge in [-0.1, -0.05) is 0 Å². The lowest BCUT2D eigenvalue weighted by Gasteiger charge is -2.15. The molecule has 1 aliphatic heterocycles. The van der Waals surface area contributed by atoms with E-state index in [4.69, 9.17) is 4.42 Å². The average Bonchev–Trinajstić information content (AvgIpc) is 3.29. The maximum Gasteiger partial charge on any atom is 0.275 e. The van der Waals surface area contributed by atoms with Crippen LogP contribution in [0.1, 0.15) is 35.2 Å². The largest absolute Gasteiger partial charge is 0.467 e. The van der Waals surface area contributed by atoms with Crippen molar-refractivity contribution in [2.75, 3.05) is 25.1 Å². The van der Waals surface area contributed by atoms with Crippen molar-refractivity contribution >= 4 is 15.7 Å². The van der Waals surface area contributed by atoms with E-state index in [0.717, 1.165) is 27.6 Å². The molecule has 9 heteroatoms. The molecular weight excluding hydrogens is 368 g/mol. The number of carbonyl (C=O) groups excluding carboxylic acids is 1. The minimum Gasteiger partial charge on any atom is -0.467 e. The number of aromatic nitrogens is 2. The first-order chi connectivity index (χ1) is 12.7. The van der Waals surface area contributed by atoms with Crippen LogP contribution in [0.4, 0.5) is 0 Å². The van der Waals surface area contributed by atoms with Crippen LogP contribution in [0.5, 0.6) is 0 Å². The van der Waals surface area contributed by atoms with E-state index in [1.54, 1.807) is 12.3 Å². The fourth-order valence-corrected chi connectivity index (χ4v) is 5.27. The van der Waals surface area contributed by atoms with Crippen LogP contribution >= 0.6 is 0 Å². The second kappa shape index (κ2) is 7.85. The van der Waals surface area contributed by atoms with Gasteiger partial charge in [0.15, 0.2) is 16.4 Å². The fraction of sp³-hybridized carbons (Fsp3) is 0.556. The summed E-state index contributed by atoms with van der Waals surface area (Å²) in [5.74, 6) is 1.06. The molecule has 1 unspecified atom stereocenters. The van der Waals surface area contributed by atoms with E-state index in [1.807, 2.05) is 31.6 Å². The number of sulfone groups is 1. The summed E-state index contributed by atoms with van der Waals surface area (Å²) in [5.41, 5.74) is 2.97. The first-order valence-electron chi connectivity index (χ1n) is 9.10. The highest BCUT2D eigenvalue weighted by Crippen LogP contribution is 2.26. The Morgan fingerprint density at radius 3 is 2.85 bits per heavy atom. The van der Waals surface area contributed by atoms with Gasteiger partial charge >= 0.3 is 0 Å². The third-order valence-corrected chi connectivity index (χ3v) is 6.76. The standard InChI is InChI=1S/C18H26N4O4S/c1-13-17(14(2)22(20-13)15-6-8-27(24,25)12-15)10-21(3)11-18(23)19-9-16-5-4-7-26-16/h4-5,7,15H,6,8-12H2,1-3H3,(H,19,23)/p+1/t15-/m1/s1. The van der Waals surface area contributed by atoms with Crippen molar-refractivity contribution in [1.82, 2.24) is 15.1 Å². The number of nitrogens with one attached hydrogen (secondary N) is 2. The van der Waals surface area contributed by atoms with Gasteiger partial charge in [0.25, 0.3) is 5.91 Å². The molecule has 8 nitrogen and oxygen atoms in total. The highest BCUT2D eigenvalue weighted by Gasteiger charge is 2.31. The van der Waals surface area contributed by atoms with Crippen molar-refractivity contribution in [1.29, 1.82) is 0 Å². The molecule has 0 aromatic carbocycles. The average molecular weight is 396 g/mol. The zero-order valence-electron chi connectivity index (χ0n) is 16.0. The van der Waals surface area contributed by atoms with Gasteiger partial charge in [-0.3, -0.25) is 9.48 Å². The number of nitrogens with zero attached hydrogens (tertiary/aromatic N) is 2. The first-order valence-corrected chi connectivity index (χ1v) is 10.9. The van der Waals surface area contributed by atoms with Gasteiger partial charge < -0.3 is 14.6 Å². The highest BCUT2D eigenvalue weighted by atomic mass is 32.2. The van der Waals surface area contributed by atoms with Crippen LogP contribution in [0, 0.1) is 13.8 Å². The molecule has 1 aliphatic rings. The van der Waals surface area contributed by atoms with Gasteiger partial charge in [-0.15, -0.1) is 0 Å². The minimum absolute atomic E-state index is 0.0477. The number of amides is 1. The van der Waals surface area contributed by atoms with Crippen LogP contribution in [-0.2, 0) is 27.7 Å². The van der Waals surface area contributed by atoms with Gasteiger partial charge in [0, 0.05) is 5.69 Å². The molecule has 0 aliphatic carbocycles. The van der Waals surface area contributed by atoms with Gasteiger partial charge in [0.1, 0.15) is 12.3 Å². The Balaban J connectivity index is 1.59. The molecule has 0 bridgehead atoms. The third-order valence-electron chi connectivity index (χ3n) is 5.01. The summed E-state index contributed by atoms with van der Waals surface area (Å²) in [5, 5.41) is 7.43. The first kappa shape index (κ1) is 19.6. The van der Waals surface area contributed by atoms with Crippen LogP contribution in [0.2, 0.25) is 0 Å². The summed E-state index contributed by atoms with van der Waals surface area (Å²) in [6.45, 7) is 5.29. The van der Waals surface area contributed by atoms with Gasteiger partial charge in [-0.05, 0) is 32.4 Å². The van der Waals surface area contributed by atoms with Crippen molar-refractivity contribution < 1.29 is 22.5 Å². The van der Waals surface area contributed by atoms with Crippen LogP contribution in [-0.4, -0.2) is 49.2 Å². The topological polar surface area (TPSA) is 98.6 Å². The van der Waals surface area contributed by atoms with E-state index in [9.17, 15) is 13.2 Å². The lowest BCUT2D eigenvalue weighted by Crippen LogP contribution is -3.09. The number of hydrogen-bond donors (Lipinski definition) is 2. The maximum absolute atomic E-state index is 12.1. The molecule has 2 aromatic rings. The summed E-state index contributed by atoms with van der Waals surface area (Å²) in [6.07, 6.45) is 2.19. The number of hydrogen-bond acceptors (Lipinski definition) is 5. The van der Waals surface area contributed by atoms with Crippen molar-refractivity contribution in [2.45, 2.75) is 39.4 Å². The van der Waals surface area contributed by atoms with Crippen molar-refractivity contribution in [3.05, 3.63) is 41.1 Å². The zero-order chi connectivity index (χ0) is 19.6. The maximum atomic E-state index is 12.1. The number of quaternary nitrogens is 1. The van der Waals surface area contributed by atoms with Crippen LogP contribution < -0.4 is 10.2 Å². The van der Waals surface area contributed by atoms with Crippen molar-refractivity contribution in [3.8, 4) is 0 Å². The van der Waals surface area contributed by atoms with Crippen molar-refractivity contribution in [2.24, 2.45) is 0 Å². The lowest BCUT2D eigenvalue weighted by molar-refractivity contribution is -0.885. The molecule has 1 fully saturated rings. The van der Waals surface area contributed by atoms with Crippen LogP contribution in [0.3, 0.4) is 0 Å². The Morgan fingerprint density at radius 1 is 1.44 bits per heavy atom. The molecule has 1 saturated heterocycles. The molecule has 3 heterocycles. The Hall–Kier alpha value is -2.13.